The number of rotatable bonds is 6. The lowest BCUT2D eigenvalue weighted by molar-refractivity contribution is -0.131. The van der Waals surface area contributed by atoms with Crippen LogP contribution in [0.2, 0.25) is 0 Å². The van der Waals surface area contributed by atoms with E-state index in [2.05, 4.69) is 12.2 Å². The summed E-state index contributed by atoms with van der Waals surface area (Å²) in [4.78, 5) is 14.2. The van der Waals surface area contributed by atoms with Crippen molar-refractivity contribution < 1.29 is 14.6 Å². The van der Waals surface area contributed by atoms with E-state index in [0.29, 0.717) is 30.6 Å². The second-order valence-corrected chi connectivity index (χ2v) is 6.54. The van der Waals surface area contributed by atoms with Gasteiger partial charge in [0.1, 0.15) is 0 Å². The molecule has 1 heterocycles. The number of phenols is 1. The number of hydrogen-bond donors (Lipinski definition) is 2. The molecule has 1 amide bonds. The number of aromatic hydroxyl groups is 1. The van der Waals surface area contributed by atoms with Crippen molar-refractivity contribution >= 4 is 5.91 Å². The quantitative estimate of drug-likeness (QED) is 0.845. The highest BCUT2D eigenvalue weighted by Crippen LogP contribution is 2.27. The molecule has 0 spiro atoms. The second-order valence-electron chi connectivity index (χ2n) is 6.54. The molecule has 0 aromatic heterocycles. The van der Waals surface area contributed by atoms with Crippen LogP contribution in [0.1, 0.15) is 31.7 Å². The first-order valence-corrected chi connectivity index (χ1v) is 8.31. The number of nitrogens with zero attached hydrogens (tertiary/aromatic N) is 1. The third kappa shape index (κ3) is 4.86. The minimum Gasteiger partial charge on any atom is -0.504 e. The molecule has 5 nitrogen and oxygen atoms in total. The molecule has 2 unspecified atom stereocenters. The molecule has 0 aliphatic carbocycles. The lowest BCUT2D eigenvalue weighted by atomic mass is 9.85. The van der Waals surface area contributed by atoms with Gasteiger partial charge in [0.05, 0.1) is 7.11 Å². The summed E-state index contributed by atoms with van der Waals surface area (Å²) in [6, 6.07) is 5.19. The van der Waals surface area contributed by atoms with Crippen molar-refractivity contribution in [3.05, 3.63) is 23.8 Å². The zero-order valence-electron chi connectivity index (χ0n) is 14.3. The summed E-state index contributed by atoms with van der Waals surface area (Å²) in [6.07, 6.45) is 2.99. The molecule has 1 fully saturated rings. The van der Waals surface area contributed by atoms with Crippen LogP contribution in [0.15, 0.2) is 18.2 Å². The van der Waals surface area contributed by atoms with Gasteiger partial charge in [0.15, 0.2) is 11.5 Å². The Bertz CT molecular complexity index is 527. The summed E-state index contributed by atoms with van der Waals surface area (Å²) >= 11 is 0. The molecule has 1 aliphatic rings. The summed E-state index contributed by atoms with van der Waals surface area (Å²) in [5, 5.41) is 13.0. The second kappa shape index (κ2) is 8.20. The van der Waals surface area contributed by atoms with Crippen molar-refractivity contribution in [2.45, 2.75) is 32.7 Å². The molecule has 23 heavy (non-hydrogen) atoms. The molecule has 128 valence electrons. The summed E-state index contributed by atoms with van der Waals surface area (Å²) in [6.45, 7) is 4.81. The number of phenolic OH excluding ortho intramolecular Hbond substituents is 1. The van der Waals surface area contributed by atoms with Gasteiger partial charge in [-0.2, -0.15) is 0 Å². The summed E-state index contributed by atoms with van der Waals surface area (Å²) in [5.74, 6) is 1.70. The first-order valence-electron chi connectivity index (χ1n) is 8.31. The summed E-state index contributed by atoms with van der Waals surface area (Å²) < 4.78 is 5.11. The highest BCUT2D eigenvalue weighted by Gasteiger charge is 2.23. The summed E-state index contributed by atoms with van der Waals surface area (Å²) in [5.41, 5.74) is 0.947. The van der Waals surface area contributed by atoms with Crippen LogP contribution in [-0.4, -0.2) is 43.2 Å². The smallest absolute Gasteiger partial charge is 0.222 e. The van der Waals surface area contributed by atoms with E-state index in [1.54, 1.807) is 17.0 Å². The monoisotopic (exact) mass is 320 g/mol. The average molecular weight is 320 g/mol. The Labute approximate surface area is 138 Å². The molecule has 2 atom stereocenters. The number of ether oxygens (including phenoxy) is 1. The van der Waals surface area contributed by atoms with E-state index in [0.717, 1.165) is 18.7 Å². The maximum atomic E-state index is 12.4. The van der Waals surface area contributed by atoms with Gasteiger partial charge in [-0.25, -0.2) is 0 Å². The van der Waals surface area contributed by atoms with Gasteiger partial charge < -0.3 is 20.1 Å². The van der Waals surface area contributed by atoms with Gasteiger partial charge in [-0.1, -0.05) is 13.0 Å². The molecule has 0 radical (unpaired) electrons. The Kier molecular flexibility index (Phi) is 6.28. The predicted molar refractivity (Wildman–Crippen MR) is 90.5 cm³/mol. The van der Waals surface area contributed by atoms with E-state index in [1.807, 2.05) is 13.1 Å². The third-order valence-corrected chi connectivity index (χ3v) is 4.73. The minimum absolute atomic E-state index is 0.114. The lowest BCUT2D eigenvalue weighted by Crippen LogP contribution is -2.36. The molecule has 1 aromatic rings. The van der Waals surface area contributed by atoms with Crippen LogP contribution in [0.3, 0.4) is 0 Å². The van der Waals surface area contributed by atoms with Crippen LogP contribution < -0.4 is 10.1 Å². The summed E-state index contributed by atoms with van der Waals surface area (Å²) in [7, 11) is 3.35. The van der Waals surface area contributed by atoms with E-state index >= 15 is 0 Å². The van der Waals surface area contributed by atoms with Gasteiger partial charge in [0, 0.05) is 20.0 Å². The van der Waals surface area contributed by atoms with Crippen LogP contribution in [0.5, 0.6) is 11.5 Å². The normalized spacial score (nSPS) is 19.2. The van der Waals surface area contributed by atoms with Gasteiger partial charge in [0.2, 0.25) is 5.91 Å². The Morgan fingerprint density at radius 2 is 2.30 bits per heavy atom. The highest BCUT2D eigenvalue weighted by atomic mass is 16.5. The SMILES string of the molecule is COc1cc(CN(C)C(=O)CC(C)C2CCCNC2)ccc1O. The van der Waals surface area contributed by atoms with Gasteiger partial charge >= 0.3 is 0 Å². The number of methoxy groups -OCH3 is 1. The van der Waals surface area contributed by atoms with E-state index in [-0.39, 0.29) is 11.7 Å². The molecule has 5 heteroatoms. The Balaban J connectivity index is 1.89. The number of piperidine rings is 1. The zero-order chi connectivity index (χ0) is 16.8. The van der Waals surface area contributed by atoms with E-state index in [9.17, 15) is 9.90 Å². The fourth-order valence-corrected chi connectivity index (χ4v) is 3.14. The number of nitrogens with one attached hydrogen (secondary N) is 1. The fraction of sp³-hybridized carbons (Fsp3) is 0.611. The fourth-order valence-electron chi connectivity index (χ4n) is 3.14. The van der Waals surface area contributed by atoms with E-state index in [4.69, 9.17) is 4.74 Å². The number of benzene rings is 1. The molecule has 1 saturated heterocycles. The van der Waals surface area contributed by atoms with Gasteiger partial charge in [-0.15, -0.1) is 0 Å². The molecule has 0 saturated carbocycles. The lowest BCUT2D eigenvalue weighted by Gasteiger charge is -2.29. The Hall–Kier alpha value is -1.75. The van der Waals surface area contributed by atoms with Crippen LogP contribution in [0, 0.1) is 11.8 Å². The van der Waals surface area contributed by atoms with Crippen molar-refractivity contribution in [2.75, 3.05) is 27.2 Å². The maximum Gasteiger partial charge on any atom is 0.222 e. The Morgan fingerprint density at radius 1 is 1.52 bits per heavy atom. The molecular weight excluding hydrogens is 292 g/mol. The topological polar surface area (TPSA) is 61.8 Å². The van der Waals surface area contributed by atoms with Crippen LogP contribution in [0.25, 0.3) is 0 Å². The molecule has 0 bridgehead atoms. The molecule has 2 rings (SSSR count). The van der Waals surface area contributed by atoms with Crippen LogP contribution in [0.4, 0.5) is 0 Å². The molecular formula is C18H28N2O3. The minimum atomic E-state index is 0.114. The number of amides is 1. The van der Waals surface area contributed by atoms with Crippen molar-refractivity contribution in [3.63, 3.8) is 0 Å². The first kappa shape index (κ1) is 17.6. The standard InChI is InChI=1S/C18H28N2O3/c1-13(15-5-4-8-19-11-15)9-18(22)20(2)12-14-6-7-16(21)17(10-14)23-3/h6-7,10,13,15,19,21H,4-5,8-9,11-12H2,1-3H3. The Morgan fingerprint density at radius 3 is 2.96 bits per heavy atom. The molecule has 1 aliphatic heterocycles. The average Bonchev–Trinajstić information content (AvgIpc) is 2.57. The molecule has 2 N–H and O–H groups in total. The third-order valence-electron chi connectivity index (χ3n) is 4.73. The number of carbonyl (C=O) groups excluding carboxylic acids is 1. The van der Waals surface area contributed by atoms with Crippen molar-refractivity contribution in [1.29, 1.82) is 0 Å². The van der Waals surface area contributed by atoms with Gasteiger partial charge in [-0.05, 0) is 55.5 Å². The van der Waals surface area contributed by atoms with E-state index < -0.39 is 0 Å². The predicted octanol–water partition coefficient (Wildman–Crippen LogP) is 2.39. The number of hydrogen-bond acceptors (Lipinski definition) is 4. The van der Waals surface area contributed by atoms with Crippen LogP contribution in [-0.2, 0) is 11.3 Å². The molecule has 1 aromatic carbocycles. The maximum absolute atomic E-state index is 12.4. The first-order chi connectivity index (χ1) is 11.0. The van der Waals surface area contributed by atoms with Gasteiger partial charge in [0.25, 0.3) is 0 Å². The zero-order valence-corrected chi connectivity index (χ0v) is 14.3. The van der Waals surface area contributed by atoms with E-state index in [1.165, 1.54) is 20.0 Å². The highest BCUT2D eigenvalue weighted by molar-refractivity contribution is 5.76. The van der Waals surface area contributed by atoms with Crippen molar-refractivity contribution in [2.24, 2.45) is 11.8 Å². The van der Waals surface area contributed by atoms with Crippen molar-refractivity contribution in [3.8, 4) is 11.5 Å². The van der Waals surface area contributed by atoms with Crippen LogP contribution >= 0.6 is 0 Å². The largest absolute Gasteiger partial charge is 0.504 e. The van der Waals surface area contributed by atoms with Gasteiger partial charge in [-0.3, -0.25) is 4.79 Å². The van der Waals surface area contributed by atoms with Crippen molar-refractivity contribution in [1.82, 2.24) is 10.2 Å². The number of carbonyl (C=O) groups is 1.